The highest BCUT2D eigenvalue weighted by Gasteiger charge is 2.37. The van der Waals surface area contributed by atoms with Gasteiger partial charge in [-0.25, -0.2) is 4.79 Å². The molecular formula is C16H29N4O+. The molecule has 0 aliphatic rings. The molecule has 1 heterocycles. The van der Waals surface area contributed by atoms with Gasteiger partial charge in [0.1, 0.15) is 0 Å². The Hall–Kier alpha value is -1.36. The summed E-state index contributed by atoms with van der Waals surface area (Å²) in [5, 5.41) is 11.2. The van der Waals surface area contributed by atoms with Crippen molar-refractivity contribution in [1.82, 2.24) is 15.4 Å². The van der Waals surface area contributed by atoms with Crippen LogP contribution in [0.25, 0.3) is 0 Å². The van der Waals surface area contributed by atoms with E-state index in [0.29, 0.717) is 10.2 Å². The van der Waals surface area contributed by atoms with Gasteiger partial charge in [0, 0.05) is 0 Å². The summed E-state index contributed by atoms with van der Waals surface area (Å²) in [4.78, 5) is 13.0. The van der Waals surface area contributed by atoms with E-state index in [1.165, 1.54) is 0 Å². The standard InChI is InChI=1S/C16H29N4O/c1-4-7-12-20(13-8-5-2,14-9-6-3)16(21)15-10-11-17-19-18-15/h10-11H,4-9,12-14H2,1-3H3/q+1. The monoisotopic (exact) mass is 293 g/mol. The number of unbranched alkanes of at least 4 members (excludes halogenated alkanes) is 3. The Labute approximate surface area is 128 Å². The lowest BCUT2D eigenvalue weighted by atomic mass is 10.1. The molecule has 0 spiro atoms. The Bertz CT molecular complexity index is 386. The maximum absolute atomic E-state index is 13.0. The Balaban J connectivity index is 3.02. The average Bonchev–Trinajstić information content (AvgIpc) is 2.55. The van der Waals surface area contributed by atoms with Crippen LogP contribution >= 0.6 is 0 Å². The number of hydrogen-bond acceptors (Lipinski definition) is 4. The third-order valence-corrected chi connectivity index (χ3v) is 3.97. The van der Waals surface area contributed by atoms with Crippen LogP contribution in [0.4, 0.5) is 0 Å². The molecule has 0 aliphatic heterocycles. The fraction of sp³-hybridized carbons (Fsp3) is 0.750. The van der Waals surface area contributed by atoms with E-state index in [2.05, 4.69) is 36.2 Å². The first kappa shape index (κ1) is 17.7. The molecule has 0 aliphatic carbocycles. The molecule has 118 valence electrons. The Morgan fingerprint density at radius 3 is 1.90 bits per heavy atom. The van der Waals surface area contributed by atoms with Crippen molar-refractivity contribution >= 4 is 5.91 Å². The van der Waals surface area contributed by atoms with Crippen LogP contribution in [-0.4, -0.2) is 45.4 Å². The maximum atomic E-state index is 13.0. The van der Waals surface area contributed by atoms with E-state index in [1.807, 2.05) is 0 Å². The highest BCUT2D eigenvalue weighted by Crippen LogP contribution is 2.18. The van der Waals surface area contributed by atoms with Gasteiger partial charge in [-0.2, -0.15) is 0 Å². The predicted octanol–water partition coefficient (Wildman–Crippen LogP) is 3.23. The number of carbonyl (C=O) groups is 1. The molecule has 0 bridgehead atoms. The number of rotatable bonds is 10. The lowest BCUT2D eigenvalue weighted by Crippen LogP contribution is -2.55. The van der Waals surface area contributed by atoms with Crippen LogP contribution in [0.15, 0.2) is 12.3 Å². The van der Waals surface area contributed by atoms with Gasteiger partial charge in [-0.15, -0.1) is 10.2 Å². The van der Waals surface area contributed by atoms with E-state index < -0.39 is 0 Å². The van der Waals surface area contributed by atoms with E-state index in [0.717, 1.165) is 58.2 Å². The summed E-state index contributed by atoms with van der Waals surface area (Å²) in [7, 11) is 0. The van der Waals surface area contributed by atoms with Crippen molar-refractivity contribution in [2.45, 2.75) is 59.3 Å². The van der Waals surface area contributed by atoms with Gasteiger partial charge in [0.2, 0.25) is 0 Å². The summed E-state index contributed by atoms with van der Waals surface area (Å²) < 4.78 is 0.522. The minimum atomic E-state index is 0.111. The van der Waals surface area contributed by atoms with Gasteiger partial charge in [0.05, 0.1) is 25.8 Å². The SMILES string of the molecule is CCCC[N+](CCCC)(CCCC)C(=O)c1ccnnn1. The van der Waals surface area contributed by atoms with E-state index in [9.17, 15) is 4.79 Å². The zero-order valence-corrected chi connectivity index (χ0v) is 13.7. The topological polar surface area (TPSA) is 55.7 Å². The van der Waals surface area contributed by atoms with E-state index in [4.69, 9.17) is 0 Å². The fourth-order valence-corrected chi connectivity index (χ4v) is 2.62. The molecule has 0 atom stereocenters. The van der Waals surface area contributed by atoms with Crippen LogP contribution in [-0.2, 0) is 0 Å². The quantitative estimate of drug-likeness (QED) is 0.621. The molecule has 5 heteroatoms. The van der Waals surface area contributed by atoms with Gasteiger partial charge < -0.3 is 0 Å². The molecule has 1 amide bonds. The molecule has 0 fully saturated rings. The van der Waals surface area contributed by atoms with Crippen molar-refractivity contribution < 1.29 is 9.28 Å². The van der Waals surface area contributed by atoms with Crippen LogP contribution in [0, 0.1) is 0 Å². The highest BCUT2D eigenvalue weighted by molar-refractivity contribution is 5.86. The lowest BCUT2D eigenvalue weighted by Gasteiger charge is -2.35. The number of carbonyl (C=O) groups excluding carboxylic acids is 1. The molecular weight excluding hydrogens is 264 g/mol. The normalized spacial score (nSPS) is 11.6. The second kappa shape index (κ2) is 9.55. The molecule has 0 N–H and O–H groups in total. The number of quaternary nitrogens is 1. The van der Waals surface area contributed by atoms with Crippen molar-refractivity contribution in [2.24, 2.45) is 0 Å². The van der Waals surface area contributed by atoms with E-state index in [-0.39, 0.29) is 5.91 Å². The Kier molecular flexibility index (Phi) is 8.05. The molecule has 0 unspecified atom stereocenters. The largest absolute Gasteiger partial charge is 0.366 e. The van der Waals surface area contributed by atoms with Gasteiger partial charge >= 0.3 is 5.91 Å². The smallest absolute Gasteiger partial charge is 0.255 e. The van der Waals surface area contributed by atoms with Crippen molar-refractivity contribution in [1.29, 1.82) is 0 Å². The summed E-state index contributed by atoms with van der Waals surface area (Å²) in [6.07, 6.45) is 8.07. The third-order valence-electron chi connectivity index (χ3n) is 3.97. The van der Waals surface area contributed by atoms with Gasteiger partial charge in [0.25, 0.3) is 0 Å². The third kappa shape index (κ3) is 5.16. The number of aromatic nitrogens is 3. The van der Waals surface area contributed by atoms with Crippen LogP contribution in [0.2, 0.25) is 0 Å². The summed E-state index contributed by atoms with van der Waals surface area (Å²) in [6, 6.07) is 1.69. The van der Waals surface area contributed by atoms with Gasteiger partial charge in [-0.1, -0.05) is 40.0 Å². The molecule has 0 radical (unpaired) electrons. The van der Waals surface area contributed by atoms with Crippen LogP contribution in [0.5, 0.6) is 0 Å². The number of amides is 1. The highest BCUT2D eigenvalue weighted by atomic mass is 16.2. The lowest BCUT2D eigenvalue weighted by molar-refractivity contribution is -0.850. The Morgan fingerprint density at radius 1 is 1.00 bits per heavy atom. The number of hydrogen-bond donors (Lipinski definition) is 0. The van der Waals surface area contributed by atoms with Crippen LogP contribution < -0.4 is 0 Å². The van der Waals surface area contributed by atoms with Crippen molar-refractivity contribution in [2.75, 3.05) is 19.6 Å². The van der Waals surface area contributed by atoms with Crippen molar-refractivity contribution in [3.63, 3.8) is 0 Å². The minimum absolute atomic E-state index is 0.111. The van der Waals surface area contributed by atoms with Crippen LogP contribution in [0.1, 0.15) is 69.8 Å². The van der Waals surface area contributed by atoms with Crippen molar-refractivity contribution in [3.8, 4) is 0 Å². The van der Waals surface area contributed by atoms with E-state index in [1.54, 1.807) is 12.3 Å². The molecule has 5 nitrogen and oxygen atoms in total. The van der Waals surface area contributed by atoms with Gasteiger partial charge in [0.15, 0.2) is 5.69 Å². The van der Waals surface area contributed by atoms with E-state index >= 15 is 0 Å². The summed E-state index contributed by atoms with van der Waals surface area (Å²) >= 11 is 0. The second-order valence-electron chi connectivity index (χ2n) is 5.69. The maximum Gasteiger partial charge on any atom is 0.366 e. The molecule has 1 aromatic heterocycles. The first-order chi connectivity index (χ1) is 10.2. The van der Waals surface area contributed by atoms with Gasteiger partial charge in [-0.05, 0) is 30.5 Å². The first-order valence-corrected chi connectivity index (χ1v) is 8.25. The van der Waals surface area contributed by atoms with Gasteiger partial charge in [-0.3, -0.25) is 4.48 Å². The predicted molar refractivity (Wildman–Crippen MR) is 83.7 cm³/mol. The summed E-state index contributed by atoms with van der Waals surface area (Å²) in [5.41, 5.74) is 0.452. The van der Waals surface area contributed by atoms with Crippen LogP contribution in [0.3, 0.4) is 0 Å². The zero-order chi connectivity index (χ0) is 15.6. The van der Waals surface area contributed by atoms with Crippen molar-refractivity contribution in [3.05, 3.63) is 18.0 Å². The first-order valence-electron chi connectivity index (χ1n) is 8.25. The minimum Gasteiger partial charge on any atom is -0.255 e. The number of nitrogens with zero attached hydrogens (tertiary/aromatic N) is 4. The molecule has 0 saturated carbocycles. The molecule has 21 heavy (non-hydrogen) atoms. The molecule has 1 rings (SSSR count). The molecule has 0 saturated heterocycles. The molecule has 0 aromatic carbocycles. The summed E-state index contributed by atoms with van der Waals surface area (Å²) in [5.74, 6) is 0.111. The fourth-order valence-electron chi connectivity index (χ4n) is 2.62. The molecule has 1 aromatic rings. The second-order valence-corrected chi connectivity index (χ2v) is 5.69. The summed E-state index contributed by atoms with van der Waals surface area (Å²) in [6.45, 7) is 9.22. The average molecular weight is 293 g/mol. The Morgan fingerprint density at radius 2 is 1.52 bits per heavy atom. The zero-order valence-electron chi connectivity index (χ0n) is 13.7.